The zero-order valence-corrected chi connectivity index (χ0v) is 13.3. The number of aromatic carboxylic acids is 1. The van der Waals surface area contributed by atoms with E-state index in [1.807, 2.05) is 6.07 Å². The fourth-order valence-corrected chi connectivity index (χ4v) is 3.43. The highest BCUT2D eigenvalue weighted by atomic mass is 35.5. The van der Waals surface area contributed by atoms with Crippen molar-refractivity contribution in [1.29, 1.82) is 0 Å². The van der Waals surface area contributed by atoms with E-state index in [4.69, 9.17) is 16.7 Å². The first kappa shape index (κ1) is 16.2. The largest absolute Gasteiger partial charge is 0.478 e. The molecule has 0 aromatic heterocycles. The van der Waals surface area contributed by atoms with Crippen LogP contribution < -0.4 is 5.32 Å². The maximum absolute atomic E-state index is 11.1. The Morgan fingerprint density at radius 3 is 2.86 bits per heavy atom. The average molecular weight is 310 g/mol. The quantitative estimate of drug-likeness (QED) is 0.735. The molecule has 2 unspecified atom stereocenters. The topological polar surface area (TPSA) is 49.3 Å². The van der Waals surface area contributed by atoms with Crippen molar-refractivity contribution in [3.63, 3.8) is 0 Å². The lowest BCUT2D eigenvalue weighted by Gasteiger charge is -2.18. The molecule has 2 rings (SSSR count). The third-order valence-corrected chi connectivity index (χ3v) is 4.68. The van der Waals surface area contributed by atoms with Gasteiger partial charge in [-0.3, -0.25) is 0 Å². The van der Waals surface area contributed by atoms with E-state index < -0.39 is 5.97 Å². The Morgan fingerprint density at radius 2 is 2.14 bits per heavy atom. The van der Waals surface area contributed by atoms with E-state index in [2.05, 4.69) is 12.2 Å². The Labute approximate surface area is 131 Å². The number of rotatable bonds is 5. The van der Waals surface area contributed by atoms with E-state index in [-0.39, 0.29) is 10.6 Å². The molecule has 1 aliphatic carbocycles. The molecule has 0 radical (unpaired) electrons. The Morgan fingerprint density at radius 1 is 1.33 bits per heavy atom. The molecule has 0 spiro atoms. The van der Waals surface area contributed by atoms with Crippen molar-refractivity contribution in [2.75, 3.05) is 5.32 Å². The van der Waals surface area contributed by atoms with Gasteiger partial charge in [0.1, 0.15) is 0 Å². The van der Waals surface area contributed by atoms with Gasteiger partial charge in [0.05, 0.1) is 10.6 Å². The second kappa shape index (κ2) is 7.69. The van der Waals surface area contributed by atoms with Gasteiger partial charge < -0.3 is 10.4 Å². The third kappa shape index (κ3) is 4.63. The van der Waals surface area contributed by atoms with Crippen LogP contribution >= 0.6 is 11.6 Å². The number of carbonyl (C=O) groups is 1. The first-order valence-electron chi connectivity index (χ1n) is 7.89. The summed E-state index contributed by atoms with van der Waals surface area (Å²) in [6.45, 7) is 2.25. The second-order valence-electron chi connectivity index (χ2n) is 6.00. The summed E-state index contributed by atoms with van der Waals surface area (Å²) in [7, 11) is 0. The smallest absolute Gasteiger partial charge is 0.337 e. The minimum absolute atomic E-state index is 0.166. The van der Waals surface area contributed by atoms with Crippen molar-refractivity contribution in [1.82, 2.24) is 0 Å². The lowest BCUT2D eigenvalue weighted by molar-refractivity contribution is 0.0697. The zero-order valence-electron chi connectivity index (χ0n) is 12.6. The molecular weight excluding hydrogens is 286 g/mol. The molecule has 1 saturated carbocycles. The van der Waals surface area contributed by atoms with Crippen LogP contribution in [0.3, 0.4) is 0 Å². The highest BCUT2D eigenvalue weighted by Gasteiger charge is 2.19. The summed E-state index contributed by atoms with van der Waals surface area (Å²) in [6.07, 6.45) is 8.76. The van der Waals surface area contributed by atoms with Crippen LogP contribution in [0.1, 0.15) is 62.2 Å². The predicted octanol–water partition coefficient (Wildman–Crippen LogP) is 5.20. The number of carboxylic acid groups (broad SMARTS) is 1. The number of anilines is 1. The summed E-state index contributed by atoms with van der Waals surface area (Å²) in [5, 5.41) is 12.9. The molecule has 2 atom stereocenters. The minimum atomic E-state index is -0.979. The third-order valence-electron chi connectivity index (χ3n) is 4.35. The number of nitrogens with one attached hydrogen (secondary N) is 1. The van der Waals surface area contributed by atoms with Crippen molar-refractivity contribution in [3.8, 4) is 0 Å². The van der Waals surface area contributed by atoms with Crippen LogP contribution in [0.2, 0.25) is 5.02 Å². The summed E-state index contributed by atoms with van der Waals surface area (Å²) >= 11 is 5.91. The monoisotopic (exact) mass is 309 g/mol. The Bertz CT molecular complexity index is 490. The van der Waals surface area contributed by atoms with Gasteiger partial charge in [0.15, 0.2) is 0 Å². The van der Waals surface area contributed by atoms with Crippen molar-refractivity contribution < 1.29 is 9.90 Å². The molecule has 1 aromatic rings. The fraction of sp³-hybridized carbons (Fsp3) is 0.588. The zero-order chi connectivity index (χ0) is 15.2. The molecule has 3 nitrogen and oxygen atoms in total. The van der Waals surface area contributed by atoms with Crippen LogP contribution in [0.5, 0.6) is 0 Å². The fourth-order valence-electron chi connectivity index (χ4n) is 3.23. The van der Waals surface area contributed by atoms with Crippen LogP contribution in [-0.4, -0.2) is 17.1 Å². The van der Waals surface area contributed by atoms with E-state index in [0.29, 0.717) is 6.04 Å². The molecular formula is C17H24ClNO2. The molecule has 0 saturated heterocycles. The number of hydrogen-bond acceptors (Lipinski definition) is 2. The van der Waals surface area contributed by atoms with Crippen molar-refractivity contribution in [2.24, 2.45) is 5.92 Å². The molecule has 0 heterocycles. The molecule has 0 amide bonds. The number of hydrogen-bond donors (Lipinski definition) is 2. The van der Waals surface area contributed by atoms with Crippen molar-refractivity contribution >= 4 is 23.3 Å². The summed E-state index contributed by atoms with van der Waals surface area (Å²) in [5.41, 5.74) is 1.02. The molecule has 1 aliphatic rings. The van der Waals surface area contributed by atoms with Gasteiger partial charge in [0.2, 0.25) is 0 Å². The van der Waals surface area contributed by atoms with E-state index in [9.17, 15) is 4.79 Å². The average Bonchev–Trinajstić information content (AvgIpc) is 2.67. The van der Waals surface area contributed by atoms with E-state index in [1.165, 1.54) is 32.1 Å². The first-order chi connectivity index (χ1) is 10.1. The summed E-state index contributed by atoms with van der Waals surface area (Å²) in [6, 6.07) is 5.60. The standard InChI is InChI=1S/C17H24ClNO2/c1-2-4-12-5-3-6-13(8-7-12)19-14-9-10-16(18)15(11-14)17(20)21/h9-13,19H,2-8H2,1H3,(H,20,21). The summed E-state index contributed by atoms with van der Waals surface area (Å²) in [5.74, 6) is -0.117. The van der Waals surface area contributed by atoms with Crippen LogP contribution in [-0.2, 0) is 0 Å². The van der Waals surface area contributed by atoms with Gasteiger partial charge in [-0.2, -0.15) is 0 Å². The molecule has 1 aromatic carbocycles. The first-order valence-corrected chi connectivity index (χ1v) is 8.27. The Kier molecular flexibility index (Phi) is 5.92. The molecule has 1 fully saturated rings. The lowest BCUT2D eigenvalue weighted by atomic mass is 9.95. The summed E-state index contributed by atoms with van der Waals surface area (Å²) < 4.78 is 0. The summed E-state index contributed by atoms with van der Waals surface area (Å²) in [4.78, 5) is 11.1. The number of carboxylic acids is 1. The van der Waals surface area contributed by atoms with Crippen LogP contribution in [0, 0.1) is 5.92 Å². The Balaban J connectivity index is 1.98. The van der Waals surface area contributed by atoms with Gasteiger partial charge in [0.25, 0.3) is 0 Å². The van der Waals surface area contributed by atoms with Crippen molar-refractivity contribution in [3.05, 3.63) is 28.8 Å². The van der Waals surface area contributed by atoms with Gasteiger partial charge >= 0.3 is 5.97 Å². The lowest BCUT2D eigenvalue weighted by Crippen LogP contribution is -2.18. The molecule has 4 heteroatoms. The normalized spacial score (nSPS) is 22.6. The van der Waals surface area contributed by atoms with Gasteiger partial charge in [0, 0.05) is 11.7 Å². The highest BCUT2D eigenvalue weighted by molar-refractivity contribution is 6.33. The maximum atomic E-state index is 11.1. The van der Waals surface area contributed by atoms with E-state index in [0.717, 1.165) is 24.4 Å². The van der Waals surface area contributed by atoms with Gasteiger partial charge in [-0.1, -0.05) is 44.2 Å². The van der Waals surface area contributed by atoms with E-state index in [1.54, 1.807) is 12.1 Å². The van der Waals surface area contributed by atoms with Gasteiger partial charge in [-0.25, -0.2) is 4.79 Å². The van der Waals surface area contributed by atoms with Crippen LogP contribution in [0.4, 0.5) is 5.69 Å². The Hall–Kier alpha value is -1.22. The molecule has 0 bridgehead atoms. The van der Waals surface area contributed by atoms with Gasteiger partial charge in [-0.05, 0) is 43.4 Å². The highest BCUT2D eigenvalue weighted by Crippen LogP contribution is 2.29. The maximum Gasteiger partial charge on any atom is 0.337 e. The van der Waals surface area contributed by atoms with E-state index >= 15 is 0 Å². The van der Waals surface area contributed by atoms with Crippen molar-refractivity contribution in [2.45, 2.75) is 57.9 Å². The minimum Gasteiger partial charge on any atom is -0.478 e. The molecule has 116 valence electrons. The molecule has 2 N–H and O–H groups in total. The van der Waals surface area contributed by atoms with Crippen LogP contribution in [0.25, 0.3) is 0 Å². The molecule has 21 heavy (non-hydrogen) atoms. The van der Waals surface area contributed by atoms with Crippen LogP contribution in [0.15, 0.2) is 18.2 Å². The molecule has 0 aliphatic heterocycles. The second-order valence-corrected chi connectivity index (χ2v) is 6.41. The predicted molar refractivity (Wildman–Crippen MR) is 87.3 cm³/mol. The SMILES string of the molecule is CCCC1CCCC(Nc2ccc(Cl)c(C(=O)O)c2)CC1. The number of benzene rings is 1. The van der Waals surface area contributed by atoms with Gasteiger partial charge in [-0.15, -0.1) is 0 Å². The number of halogens is 1.